The minimum atomic E-state index is 0.226. The number of hydrogen-bond donors (Lipinski definition) is 0. The van der Waals surface area contributed by atoms with Crippen LogP contribution in [0.5, 0.6) is 0 Å². The molecule has 0 spiro atoms. The quantitative estimate of drug-likeness (QED) is 0.793. The maximum atomic E-state index is 12.5. The van der Waals surface area contributed by atoms with E-state index < -0.39 is 0 Å². The second-order valence-corrected chi connectivity index (χ2v) is 6.92. The van der Waals surface area contributed by atoms with Gasteiger partial charge in [-0.1, -0.05) is 12.1 Å². The van der Waals surface area contributed by atoms with Crippen molar-refractivity contribution in [3.8, 4) is 0 Å². The van der Waals surface area contributed by atoms with E-state index >= 15 is 0 Å². The lowest BCUT2D eigenvalue weighted by molar-refractivity contribution is 0.0891. The van der Waals surface area contributed by atoms with E-state index in [1.54, 1.807) is 0 Å². The molecule has 1 aliphatic heterocycles. The molecule has 0 saturated carbocycles. The summed E-state index contributed by atoms with van der Waals surface area (Å²) < 4.78 is 0. The SMILES string of the molecule is Cc1ccc(C(=O)CN2CCc3sccc3C2C)cc1C. The van der Waals surface area contributed by atoms with Gasteiger partial charge in [0.25, 0.3) is 0 Å². The summed E-state index contributed by atoms with van der Waals surface area (Å²) in [4.78, 5) is 16.3. The predicted octanol–water partition coefficient (Wildman–Crippen LogP) is 4.17. The molecule has 2 nitrogen and oxygen atoms in total. The zero-order valence-corrected chi connectivity index (χ0v) is 13.7. The number of thiophene rings is 1. The van der Waals surface area contributed by atoms with Crippen LogP contribution in [-0.4, -0.2) is 23.8 Å². The smallest absolute Gasteiger partial charge is 0.176 e. The molecule has 2 aromatic rings. The largest absolute Gasteiger partial charge is 0.293 e. The molecule has 1 aliphatic rings. The number of carbonyl (C=O) groups excluding carboxylic acids is 1. The topological polar surface area (TPSA) is 20.3 Å². The highest BCUT2D eigenvalue weighted by molar-refractivity contribution is 7.10. The first-order valence-electron chi connectivity index (χ1n) is 7.47. The van der Waals surface area contributed by atoms with Crippen LogP contribution >= 0.6 is 11.3 Å². The summed E-state index contributed by atoms with van der Waals surface area (Å²) in [6.07, 6.45) is 1.07. The Bertz CT molecular complexity index is 674. The Morgan fingerprint density at radius 2 is 2.10 bits per heavy atom. The van der Waals surface area contributed by atoms with Gasteiger partial charge in [0.05, 0.1) is 6.54 Å². The van der Waals surface area contributed by atoms with Gasteiger partial charge in [-0.3, -0.25) is 9.69 Å². The van der Waals surface area contributed by atoms with Crippen molar-refractivity contribution in [3.63, 3.8) is 0 Å². The normalized spacial score (nSPS) is 18.5. The van der Waals surface area contributed by atoms with Crippen LogP contribution in [-0.2, 0) is 6.42 Å². The molecule has 1 aromatic carbocycles. The molecule has 1 atom stereocenters. The van der Waals surface area contributed by atoms with Gasteiger partial charge in [0.2, 0.25) is 0 Å². The van der Waals surface area contributed by atoms with Crippen LogP contribution in [0, 0.1) is 13.8 Å². The molecule has 3 heteroatoms. The van der Waals surface area contributed by atoms with Gasteiger partial charge in [0.15, 0.2) is 5.78 Å². The first kappa shape index (κ1) is 14.5. The van der Waals surface area contributed by atoms with E-state index in [2.05, 4.69) is 37.1 Å². The van der Waals surface area contributed by atoms with Crippen LogP contribution in [0.1, 0.15) is 44.9 Å². The third-order valence-corrected chi connectivity index (χ3v) is 5.58. The molecule has 0 radical (unpaired) electrons. The number of nitrogens with zero attached hydrogens (tertiary/aromatic N) is 1. The number of ketones is 1. The van der Waals surface area contributed by atoms with E-state index in [9.17, 15) is 4.79 Å². The molecule has 0 bridgehead atoms. The number of aryl methyl sites for hydroxylation is 2. The fraction of sp³-hybridized carbons (Fsp3) is 0.389. The molecule has 0 saturated heterocycles. The van der Waals surface area contributed by atoms with Crippen LogP contribution in [0.2, 0.25) is 0 Å². The molecule has 0 N–H and O–H groups in total. The van der Waals surface area contributed by atoms with Crippen molar-refractivity contribution in [1.29, 1.82) is 0 Å². The third-order valence-electron chi connectivity index (χ3n) is 4.58. The predicted molar refractivity (Wildman–Crippen MR) is 88.3 cm³/mol. The summed E-state index contributed by atoms with van der Waals surface area (Å²) >= 11 is 1.84. The van der Waals surface area contributed by atoms with Crippen LogP contribution in [0.15, 0.2) is 29.6 Å². The molecule has 0 amide bonds. The summed E-state index contributed by atoms with van der Waals surface area (Å²) in [5.41, 5.74) is 4.66. The number of rotatable bonds is 3. The minimum Gasteiger partial charge on any atom is -0.293 e. The van der Waals surface area contributed by atoms with Gasteiger partial charge in [-0.2, -0.15) is 0 Å². The zero-order chi connectivity index (χ0) is 15.0. The average Bonchev–Trinajstić information content (AvgIpc) is 2.94. The number of hydrogen-bond acceptors (Lipinski definition) is 3. The lowest BCUT2D eigenvalue weighted by Crippen LogP contribution is -2.37. The summed E-state index contributed by atoms with van der Waals surface area (Å²) in [6.45, 7) is 7.84. The van der Waals surface area contributed by atoms with Gasteiger partial charge in [0.1, 0.15) is 0 Å². The summed E-state index contributed by atoms with van der Waals surface area (Å²) in [7, 11) is 0. The van der Waals surface area contributed by atoms with Gasteiger partial charge < -0.3 is 0 Å². The lowest BCUT2D eigenvalue weighted by atomic mass is 9.99. The maximum Gasteiger partial charge on any atom is 0.176 e. The maximum absolute atomic E-state index is 12.5. The van der Waals surface area contributed by atoms with Crippen LogP contribution in [0.25, 0.3) is 0 Å². The standard InChI is InChI=1S/C18H21NOS/c1-12-4-5-15(10-13(12)2)17(20)11-19-8-6-18-16(14(19)3)7-9-21-18/h4-5,7,9-10,14H,6,8,11H2,1-3H3. The minimum absolute atomic E-state index is 0.226. The Hall–Kier alpha value is -1.45. The Balaban J connectivity index is 1.75. The highest BCUT2D eigenvalue weighted by atomic mass is 32.1. The Kier molecular flexibility index (Phi) is 3.96. The van der Waals surface area contributed by atoms with Crippen molar-refractivity contribution in [2.45, 2.75) is 33.2 Å². The van der Waals surface area contributed by atoms with Gasteiger partial charge >= 0.3 is 0 Å². The van der Waals surface area contributed by atoms with Gasteiger partial charge in [-0.25, -0.2) is 0 Å². The number of carbonyl (C=O) groups is 1. The lowest BCUT2D eigenvalue weighted by Gasteiger charge is -2.33. The number of Topliss-reactive ketones (excluding diaryl/α,β-unsaturated/α-hetero) is 1. The van der Waals surface area contributed by atoms with Crippen molar-refractivity contribution < 1.29 is 4.79 Å². The van der Waals surface area contributed by atoms with Crippen LogP contribution in [0.4, 0.5) is 0 Å². The molecule has 21 heavy (non-hydrogen) atoms. The fourth-order valence-electron chi connectivity index (χ4n) is 2.97. The van der Waals surface area contributed by atoms with E-state index in [0.717, 1.165) is 18.5 Å². The van der Waals surface area contributed by atoms with Crippen molar-refractivity contribution in [3.05, 3.63) is 56.8 Å². The van der Waals surface area contributed by atoms with Crippen molar-refractivity contribution in [2.24, 2.45) is 0 Å². The molecular formula is C18H21NOS. The number of benzene rings is 1. The highest BCUT2D eigenvalue weighted by Crippen LogP contribution is 2.32. The van der Waals surface area contributed by atoms with E-state index in [4.69, 9.17) is 0 Å². The van der Waals surface area contributed by atoms with Crippen molar-refractivity contribution in [2.75, 3.05) is 13.1 Å². The molecule has 0 fully saturated rings. The zero-order valence-electron chi connectivity index (χ0n) is 12.8. The highest BCUT2D eigenvalue weighted by Gasteiger charge is 2.26. The summed E-state index contributed by atoms with van der Waals surface area (Å²) in [5.74, 6) is 0.226. The van der Waals surface area contributed by atoms with Gasteiger partial charge in [-0.05, 0) is 61.4 Å². The van der Waals surface area contributed by atoms with Crippen LogP contribution in [0.3, 0.4) is 0 Å². The third kappa shape index (κ3) is 2.81. The molecule has 2 heterocycles. The van der Waals surface area contributed by atoms with Crippen molar-refractivity contribution >= 4 is 17.1 Å². The van der Waals surface area contributed by atoms with E-state index in [-0.39, 0.29) is 5.78 Å². The van der Waals surface area contributed by atoms with Crippen molar-refractivity contribution in [1.82, 2.24) is 4.90 Å². The molecule has 110 valence electrons. The van der Waals surface area contributed by atoms with Gasteiger partial charge in [-0.15, -0.1) is 11.3 Å². The molecular weight excluding hydrogens is 278 g/mol. The number of fused-ring (bicyclic) bond motifs is 1. The monoisotopic (exact) mass is 299 g/mol. The van der Waals surface area contributed by atoms with Gasteiger partial charge in [0, 0.05) is 23.0 Å². The molecule has 0 aliphatic carbocycles. The fourth-order valence-corrected chi connectivity index (χ4v) is 3.93. The first-order chi connectivity index (χ1) is 10.1. The summed E-state index contributed by atoms with van der Waals surface area (Å²) in [5, 5.41) is 2.16. The van der Waals surface area contributed by atoms with E-state index in [1.165, 1.54) is 21.6 Å². The molecule has 1 aromatic heterocycles. The molecule has 1 unspecified atom stereocenters. The molecule has 3 rings (SSSR count). The van der Waals surface area contributed by atoms with Crippen LogP contribution < -0.4 is 0 Å². The Morgan fingerprint density at radius 1 is 1.29 bits per heavy atom. The average molecular weight is 299 g/mol. The second-order valence-electron chi connectivity index (χ2n) is 5.92. The van der Waals surface area contributed by atoms with E-state index in [1.807, 2.05) is 29.5 Å². The van der Waals surface area contributed by atoms with E-state index in [0.29, 0.717) is 12.6 Å². The summed E-state index contributed by atoms with van der Waals surface area (Å²) in [6, 6.07) is 8.56. The first-order valence-corrected chi connectivity index (χ1v) is 8.35. The second kappa shape index (κ2) is 5.74. The Labute approximate surface area is 130 Å². The Morgan fingerprint density at radius 3 is 2.86 bits per heavy atom.